The minimum atomic E-state index is -0.0485. The molecule has 2 aromatic rings. The van der Waals surface area contributed by atoms with Gasteiger partial charge in [0.2, 0.25) is 0 Å². The highest BCUT2D eigenvalue weighted by atomic mass is 35.5. The van der Waals surface area contributed by atoms with E-state index in [2.05, 4.69) is 15.6 Å². The molecule has 5 heteroatoms. The maximum Gasteiger partial charge on any atom is 0.252 e. The SMILES string of the molecule is CNCCCNC(=O)c1cc(C2CC2)nc2ccc(Cl)cc12. The highest BCUT2D eigenvalue weighted by Gasteiger charge is 2.27. The Labute approximate surface area is 135 Å². The molecule has 0 aliphatic heterocycles. The first-order valence-electron chi connectivity index (χ1n) is 7.72. The summed E-state index contributed by atoms with van der Waals surface area (Å²) in [6, 6.07) is 7.47. The summed E-state index contributed by atoms with van der Waals surface area (Å²) in [7, 11) is 1.90. The Morgan fingerprint density at radius 3 is 2.86 bits per heavy atom. The third kappa shape index (κ3) is 3.39. The molecule has 1 heterocycles. The van der Waals surface area contributed by atoms with Gasteiger partial charge in [0.15, 0.2) is 0 Å². The van der Waals surface area contributed by atoms with Crippen molar-refractivity contribution in [2.75, 3.05) is 20.1 Å². The number of nitrogens with one attached hydrogen (secondary N) is 2. The van der Waals surface area contributed by atoms with Crippen LogP contribution in [-0.4, -0.2) is 31.0 Å². The summed E-state index contributed by atoms with van der Waals surface area (Å²) < 4.78 is 0. The molecule has 1 fully saturated rings. The van der Waals surface area contributed by atoms with Crippen LogP contribution in [0.1, 0.15) is 41.2 Å². The van der Waals surface area contributed by atoms with Crippen LogP contribution in [0.5, 0.6) is 0 Å². The smallest absolute Gasteiger partial charge is 0.252 e. The fourth-order valence-electron chi connectivity index (χ4n) is 2.56. The Balaban J connectivity index is 1.91. The van der Waals surface area contributed by atoms with E-state index in [0.717, 1.165) is 42.4 Å². The van der Waals surface area contributed by atoms with E-state index in [1.54, 1.807) is 0 Å². The zero-order valence-electron chi connectivity index (χ0n) is 12.7. The van der Waals surface area contributed by atoms with E-state index in [0.29, 0.717) is 23.0 Å². The van der Waals surface area contributed by atoms with Crippen LogP contribution in [-0.2, 0) is 0 Å². The highest BCUT2D eigenvalue weighted by molar-refractivity contribution is 6.31. The fraction of sp³-hybridized carbons (Fsp3) is 0.412. The van der Waals surface area contributed by atoms with Crippen LogP contribution >= 0.6 is 11.6 Å². The van der Waals surface area contributed by atoms with Crippen molar-refractivity contribution in [3.05, 3.63) is 40.5 Å². The number of hydrogen-bond acceptors (Lipinski definition) is 3. The van der Waals surface area contributed by atoms with Gasteiger partial charge in [-0.15, -0.1) is 0 Å². The second-order valence-electron chi connectivity index (χ2n) is 5.74. The average Bonchev–Trinajstić information content (AvgIpc) is 3.35. The van der Waals surface area contributed by atoms with Crippen molar-refractivity contribution in [2.24, 2.45) is 0 Å². The van der Waals surface area contributed by atoms with Gasteiger partial charge in [-0.3, -0.25) is 9.78 Å². The predicted molar refractivity (Wildman–Crippen MR) is 89.6 cm³/mol. The van der Waals surface area contributed by atoms with Gasteiger partial charge in [0, 0.05) is 28.6 Å². The van der Waals surface area contributed by atoms with Gasteiger partial charge in [-0.2, -0.15) is 0 Å². The lowest BCUT2D eigenvalue weighted by atomic mass is 10.1. The number of fused-ring (bicyclic) bond motifs is 1. The molecule has 0 radical (unpaired) electrons. The number of hydrogen-bond donors (Lipinski definition) is 2. The molecular formula is C17H20ClN3O. The van der Waals surface area contributed by atoms with E-state index < -0.39 is 0 Å². The maximum atomic E-state index is 12.5. The van der Waals surface area contributed by atoms with E-state index >= 15 is 0 Å². The zero-order valence-corrected chi connectivity index (χ0v) is 13.4. The van der Waals surface area contributed by atoms with Crippen LogP contribution in [0.4, 0.5) is 0 Å². The summed E-state index contributed by atoms with van der Waals surface area (Å²) in [6.07, 6.45) is 3.23. The van der Waals surface area contributed by atoms with Gasteiger partial charge < -0.3 is 10.6 Å². The number of pyridine rings is 1. The van der Waals surface area contributed by atoms with E-state index in [1.165, 1.54) is 0 Å². The molecule has 1 aromatic carbocycles. The predicted octanol–water partition coefficient (Wildman–Crippen LogP) is 3.10. The number of nitrogens with zero attached hydrogens (tertiary/aromatic N) is 1. The molecule has 0 spiro atoms. The van der Waals surface area contributed by atoms with Crippen LogP contribution in [0, 0.1) is 0 Å². The Morgan fingerprint density at radius 1 is 1.32 bits per heavy atom. The number of carbonyl (C=O) groups excluding carboxylic acids is 1. The minimum Gasteiger partial charge on any atom is -0.352 e. The zero-order chi connectivity index (χ0) is 15.5. The van der Waals surface area contributed by atoms with Gasteiger partial charge in [-0.25, -0.2) is 0 Å². The summed E-state index contributed by atoms with van der Waals surface area (Å²) in [5.41, 5.74) is 2.54. The standard InChI is InChI=1S/C17H20ClN3O/c1-19-7-2-8-20-17(22)14-10-16(11-3-4-11)21-15-6-5-12(18)9-13(14)15/h5-6,9-11,19H,2-4,7-8H2,1H3,(H,20,22). The molecule has 1 saturated carbocycles. The number of amides is 1. The molecule has 0 atom stereocenters. The molecule has 1 amide bonds. The van der Waals surface area contributed by atoms with Crippen molar-refractivity contribution in [1.29, 1.82) is 0 Å². The third-order valence-electron chi connectivity index (χ3n) is 3.92. The number of benzene rings is 1. The van der Waals surface area contributed by atoms with Crippen molar-refractivity contribution in [3.63, 3.8) is 0 Å². The Morgan fingerprint density at radius 2 is 2.14 bits per heavy atom. The van der Waals surface area contributed by atoms with Crippen LogP contribution in [0.3, 0.4) is 0 Å². The van der Waals surface area contributed by atoms with E-state index in [-0.39, 0.29) is 5.91 Å². The number of halogens is 1. The van der Waals surface area contributed by atoms with Gasteiger partial charge in [0.1, 0.15) is 0 Å². The van der Waals surface area contributed by atoms with Gasteiger partial charge in [0.25, 0.3) is 5.91 Å². The molecule has 22 heavy (non-hydrogen) atoms. The fourth-order valence-corrected chi connectivity index (χ4v) is 2.73. The average molecular weight is 318 g/mol. The monoisotopic (exact) mass is 317 g/mol. The summed E-state index contributed by atoms with van der Waals surface area (Å²) in [5.74, 6) is 0.462. The number of carbonyl (C=O) groups is 1. The van der Waals surface area contributed by atoms with Crippen molar-refractivity contribution in [2.45, 2.75) is 25.2 Å². The molecule has 0 bridgehead atoms. The first kappa shape index (κ1) is 15.3. The molecule has 116 valence electrons. The molecule has 1 aromatic heterocycles. The lowest BCUT2D eigenvalue weighted by Crippen LogP contribution is -2.27. The number of rotatable bonds is 6. The third-order valence-corrected chi connectivity index (χ3v) is 4.16. The van der Waals surface area contributed by atoms with Gasteiger partial charge in [-0.1, -0.05) is 11.6 Å². The van der Waals surface area contributed by atoms with Crippen LogP contribution in [0.25, 0.3) is 10.9 Å². The van der Waals surface area contributed by atoms with E-state index in [4.69, 9.17) is 11.6 Å². The van der Waals surface area contributed by atoms with Gasteiger partial charge in [0.05, 0.1) is 11.1 Å². The van der Waals surface area contributed by atoms with Crippen LogP contribution in [0.15, 0.2) is 24.3 Å². The lowest BCUT2D eigenvalue weighted by Gasteiger charge is -2.10. The Hall–Kier alpha value is -1.65. The highest BCUT2D eigenvalue weighted by Crippen LogP contribution is 2.40. The molecule has 1 aliphatic carbocycles. The van der Waals surface area contributed by atoms with Crippen molar-refractivity contribution < 1.29 is 4.79 Å². The van der Waals surface area contributed by atoms with Gasteiger partial charge in [-0.05, 0) is 57.1 Å². The Kier molecular flexibility index (Phi) is 4.60. The minimum absolute atomic E-state index is 0.0485. The van der Waals surface area contributed by atoms with Crippen molar-refractivity contribution in [1.82, 2.24) is 15.6 Å². The normalized spacial score (nSPS) is 14.3. The summed E-state index contributed by atoms with van der Waals surface area (Å²) in [5, 5.41) is 7.50. The van der Waals surface area contributed by atoms with Crippen molar-refractivity contribution in [3.8, 4) is 0 Å². The molecule has 3 rings (SSSR count). The van der Waals surface area contributed by atoms with Crippen LogP contribution < -0.4 is 10.6 Å². The number of aromatic nitrogens is 1. The quantitative estimate of drug-likeness (QED) is 0.805. The lowest BCUT2D eigenvalue weighted by molar-refractivity contribution is 0.0955. The Bertz CT molecular complexity index is 698. The van der Waals surface area contributed by atoms with E-state index in [9.17, 15) is 4.79 Å². The first-order valence-corrected chi connectivity index (χ1v) is 8.10. The van der Waals surface area contributed by atoms with E-state index in [1.807, 2.05) is 31.3 Å². The molecular weight excluding hydrogens is 298 g/mol. The maximum absolute atomic E-state index is 12.5. The van der Waals surface area contributed by atoms with Crippen LogP contribution in [0.2, 0.25) is 5.02 Å². The molecule has 1 aliphatic rings. The second kappa shape index (κ2) is 6.63. The largest absolute Gasteiger partial charge is 0.352 e. The summed E-state index contributed by atoms with van der Waals surface area (Å²) >= 11 is 6.09. The molecule has 0 saturated heterocycles. The summed E-state index contributed by atoms with van der Waals surface area (Å²) in [6.45, 7) is 1.54. The second-order valence-corrected chi connectivity index (χ2v) is 6.18. The first-order chi connectivity index (χ1) is 10.7. The molecule has 2 N–H and O–H groups in total. The summed E-state index contributed by atoms with van der Waals surface area (Å²) in [4.78, 5) is 17.2. The van der Waals surface area contributed by atoms with Crippen molar-refractivity contribution >= 4 is 28.4 Å². The van der Waals surface area contributed by atoms with Gasteiger partial charge >= 0.3 is 0 Å². The molecule has 0 unspecified atom stereocenters. The topological polar surface area (TPSA) is 54.0 Å². The molecule has 4 nitrogen and oxygen atoms in total.